The second kappa shape index (κ2) is 6.88. The number of ether oxygens (including phenoxy) is 1. The van der Waals surface area contributed by atoms with Crippen LogP contribution in [0, 0.1) is 0 Å². The molecule has 0 saturated heterocycles. The summed E-state index contributed by atoms with van der Waals surface area (Å²) in [5.41, 5.74) is 0.456. The molecule has 0 aliphatic carbocycles. The average molecular weight is 413 g/mol. The Morgan fingerprint density at radius 2 is 1.57 bits per heavy atom. The zero-order valence-corrected chi connectivity index (χ0v) is 16.2. The van der Waals surface area contributed by atoms with Crippen LogP contribution in [-0.2, 0) is 11.8 Å². The standard InChI is InChI=1S/C23H18F3NO3/c1-22(2,29)15-5-3-4-13(10-15)14-6-8-19-17(11-14)21(28)27-18-12-16(23(24,25)26)7-9-20(18)30-19/h3-12,29H,1-2H3,(H,27,28). The molecule has 0 unspecified atom stereocenters. The zero-order chi connectivity index (χ0) is 21.7. The molecule has 0 radical (unpaired) electrons. The monoisotopic (exact) mass is 413 g/mol. The number of carbonyl (C=O) groups is 1. The van der Waals surface area contributed by atoms with E-state index >= 15 is 0 Å². The van der Waals surface area contributed by atoms with Gasteiger partial charge in [-0.3, -0.25) is 4.79 Å². The van der Waals surface area contributed by atoms with Crippen molar-refractivity contribution in [2.45, 2.75) is 25.6 Å². The first-order valence-corrected chi connectivity index (χ1v) is 9.20. The summed E-state index contributed by atoms with van der Waals surface area (Å²) in [6, 6.07) is 15.2. The van der Waals surface area contributed by atoms with Crippen LogP contribution in [0.4, 0.5) is 18.9 Å². The van der Waals surface area contributed by atoms with Crippen LogP contribution in [0.2, 0.25) is 0 Å². The van der Waals surface area contributed by atoms with Gasteiger partial charge in [-0.2, -0.15) is 13.2 Å². The maximum atomic E-state index is 13.0. The largest absolute Gasteiger partial charge is 0.454 e. The first kappa shape index (κ1) is 20.0. The number of fused-ring (bicyclic) bond motifs is 2. The van der Waals surface area contributed by atoms with E-state index in [0.717, 1.165) is 17.7 Å². The van der Waals surface area contributed by atoms with Crippen LogP contribution in [-0.4, -0.2) is 11.0 Å². The van der Waals surface area contributed by atoms with E-state index in [1.54, 1.807) is 44.2 Å². The van der Waals surface area contributed by atoms with Crippen molar-refractivity contribution in [1.82, 2.24) is 0 Å². The van der Waals surface area contributed by atoms with E-state index in [1.165, 1.54) is 6.07 Å². The van der Waals surface area contributed by atoms with Gasteiger partial charge in [0.15, 0.2) is 5.75 Å². The molecule has 154 valence electrons. The van der Waals surface area contributed by atoms with Gasteiger partial charge in [-0.05, 0) is 66.9 Å². The van der Waals surface area contributed by atoms with E-state index in [9.17, 15) is 23.1 Å². The summed E-state index contributed by atoms with van der Waals surface area (Å²) in [4.78, 5) is 12.7. The molecular formula is C23H18F3NO3. The molecule has 0 fully saturated rings. The molecule has 1 heterocycles. The number of alkyl halides is 3. The van der Waals surface area contributed by atoms with Gasteiger partial charge >= 0.3 is 6.18 Å². The topological polar surface area (TPSA) is 58.6 Å². The van der Waals surface area contributed by atoms with Crippen LogP contribution in [0.5, 0.6) is 11.5 Å². The number of aliphatic hydroxyl groups is 1. The Labute approximate surface area is 170 Å². The molecular weight excluding hydrogens is 395 g/mol. The third kappa shape index (κ3) is 3.76. The van der Waals surface area contributed by atoms with E-state index in [4.69, 9.17) is 4.74 Å². The van der Waals surface area contributed by atoms with Crippen molar-refractivity contribution in [2.75, 3.05) is 5.32 Å². The van der Waals surface area contributed by atoms with Crippen molar-refractivity contribution in [3.63, 3.8) is 0 Å². The number of carbonyl (C=O) groups excluding carboxylic acids is 1. The quantitative estimate of drug-likeness (QED) is 0.545. The van der Waals surface area contributed by atoms with Crippen molar-refractivity contribution in [3.8, 4) is 22.6 Å². The number of halogens is 3. The number of hydrogen-bond acceptors (Lipinski definition) is 3. The van der Waals surface area contributed by atoms with Crippen LogP contribution in [0.25, 0.3) is 11.1 Å². The lowest BCUT2D eigenvalue weighted by Gasteiger charge is -2.18. The molecule has 0 atom stereocenters. The molecule has 1 aliphatic heterocycles. The van der Waals surface area contributed by atoms with E-state index in [-0.39, 0.29) is 22.7 Å². The Kier molecular flexibility index (Phi) is 4.58. The predicted molar refractivity (Wildman–Crippen MR) is 107 cm³/mol. The second-order valence-electron chi connectivity index (χ2n) is 7.62. The molecule has 7 heteroatoms. The Bertz CT molecular complexity index is 1150. The molecule has 3 aromatic rings. The maximum absolute atomic E-state index is 13.0. The van der Waals surface area contributed by atoms with Gasteiger partial charge in [0.1, 0.15) is 5.75 Å². The summed E-state index contributed by atoms with van der Waals surface area (Å²) in [5, 5.41) is 12.7. The number of benzene rings is 3. The summed E-state index contributed by atoms with van der Waals surface area (Å²) in [7, 11) is 0. The molecule has 0 saturated carbocycles. The highest BCUT2D eigenvalue weighted by Crippen LogP contribution is 2.40. The molecule has 30 heavy (non-hydrogen) atoms. The summed E-state index contributed by atoms with van der Waals surface area (Å²) >= 11 is 0. The highest BCUT2D eigenvalue weighted by molar-refractivity contribution is 6.08. The fourth-order valence-electron chi connectivity index (χ4n) is 3.26. The number of rotatable bonds is 2. The van der Waals surface area contributed by atoms with Crippen molar-refractivity contribution in [2.24, 2.45) is 0 Å². The smallest absolute Gasteiger partial charge is 0.416 e. The van der Waals surface area contributed by atoms with Gasteiger partial charge in [0.05, 0.1) is 22.4 Å². The Morgan fingerprint density at radius 3 is 2.27 bits per heavy atom. The van der Waals surface area contributed by atoms with Gasteiger partial charge in [0.25, 0.3) is 5.91 Å². The second-order valence-corrected chi connectivity index (χ2v) is 7.62. The zero-order valence-electron chi connectivity index (χ0n) is 16.2. The SMILES string of the molecule is CC(C)(O)c1cccc(-c2ccc3c(c2)C(=O)Nc2cc(C(F)(F)F)ccc2O3)c1. The number of hydrogen-bond donors (Lipinski definition) is 2. The predicted octanol–water partition coefficient (Wildman–Crippen LogP) is 5.96. The van der Waals surface area contributed by atoms with Crippen molar-refractivity contribution < 1.29 is 27.8 Å². The van der Waals surface area contributed by atoms with E-state index in [1.807, 2.05) is 12.1 Å². The summed E-state index contributed by atoms with van der Waals surface area (Å²) < 4.78 is 44.7. The van der Waals surface area contributed by atoms with Gasteiger partial charge in [0.2, 0.25) is 0 Å². The maximum Gasteiger partial charge on any atom is 0.416 e. The minimum Gasteiger partial charge on any atom is -0.454 e. The minimum atomic E-state index is -4.53. The molecule has 2 N–H and O–H groups in total. The van der Waals surface area contributed by atoms with Crippen molar-refractivity contribution in [1.29, 1.82) is 0 Å². The highest BCUT2D eigenvalue weighted by Gasteiger charge is 2.32. The normalized spacial score (nSPS) is 13.6. The molecule has 0 bridgehead atoms. The third-order valence-corrected chi connectivity index (χ3v) is 4.90. The third-order valence-electron chi connectivity index (χ3n) is 4.90. The molecule has 3 aromatic carbocycles. The van der Waals surface area contributed by atoms with Crippen molar-refractivity contribution >= 4 is 11.6 Å². The van der Waals surface area contributed by atoms with E-state index in [0.29, 0.717) is 11.1 Å². The minimum absolute atomic E-state index is 0.0448. The van der Waals surface area contributed by atoms with Crippen LogP contribution in [0.15, 0.2) is 60.7 Å². The van der Waals surface area contributed by atoms with Crippen LogP contribution in [0.3, 0.4) is 0 Å². The lowest BCUT2D eigenvalue weighted by Crippen LogP contribution is -2.15. The fourth-order valence-corrected chi connectivity index (χ4v) is 3.26. The van der Waals surface area contributed by atoms with Gasteiger partial charge in [-0.1, -0.05) is 24.3 Å². The number of nitrogens with one attached hydrogen (secondary N) is 1. The average Bonchev–Trinajstić information content (AvgIpc) is 2.81. The lowest BCUT2D eigenvalue weighted by atomic mass is 9.93. The Balaban J connectivity index is 1.73. The summed E-state index contributed by atoms with van der Waals surface area (Å²) in [6.07, 6.45) is -4.53. The molecule has 0 aromatic heterocycles. The first-order valence-electron chi connectivity index (χ1n) is 9.20. The van der Waals surface area contributed by atoms with E-state index in [2.05, 4.69) is 5.32 Å². The fraction of sp³-hybridized carbons (Fsp3) is 0.174. The number of amides is 1. The van der Waals surface area contributed by atoms with Crippen LogP contribution >= 0.6 is 0 Å². The van der Waals surface area contributed by atoms with Gasteiger partial charge in [0, 0.05) is 0 Å². The Morgan fingerprint density at radius 1 is 0.867 bits per heavy atom. The van der Waals surface area contributed by atoms with Gasteiger partial charge in [-0.25, -0.2) is 0 Å². The lowest BCUT2D eigenvalue weighted by molar-refractivity contribution is -0.137. The molecule has 0 spiro atoms. The number of anilines is 1. The molecule has 4 rings (SSSR count). The van der Waals surface area contributed by atoms with E-state index < -0.39 is 23.2 Å². The van der Waals surface area contributed by atoms with Crippen LogP contribution < -0.4 is 10.1 Å². The first-order chi connectivity index (χ1) is 14.0. The summed E-state index contributed by atoms with van der Waals surface area (Å²) in [6.45, 7) is 3.35. The van der Waals surface area contributed by atoms with Crippen LogP contribution in [0.1, 0.15) is 35.3 Å². The van der Waals surface area contributed by atoms with Crippen molar-refractivity contribution in [3.05, 3.63) is 77.4 Å². The van der Waals surface area contributed by atoms with Gasteiger partial charge < -0.3 is 15.2 Å². The molecule has 1 aliphatic rings. The molecule has 1 amide bonds. The summed E-state index contributed by atoms with van der Waals surface area (Å²) in [5.74, 6) is -0.191. The highest BCUT2D eigenvalue weighted by atomic mass is 19.4. The molecule has 4 nitrogen and oxygen atoms in total. The van der Waals surface area contributed by atoms with Gasteiger partial charge in [-0.15, -0.1) is 0 Å². The Hall–Kier alpha value is -3.32.